The van der Waals surface area contributed by atoms with Gasteiger partial charge in [0.2, 0.25) is 5.91 Å². The first kappa shape index (κ1) is 22.1. The van der Waals surface area contributed by atoms with Crippen molar-refractivity contribution < 1.29 is 18.7 Å². The molecule has 6 nitrogen and oxygen atoms in total. The maximum absolute atomic E-state index is 12.4. The third-order valence-electron chi connectivity index (χ3n) is 5.77. The van der Waals surface area contributed by atoms with Crippen LogP contribution in [0.5, 0.6) is 0 Å². The van der Waals surface area contributed by atoms with Crippen LogP contribution in [0.3, 0.4) is 0 Å². The fourth-order valence-corrected chi connectivity index (χ4v) is 4.02. The first-order valence-electron chi connectivity index (χ1n) is 11.4. The molecule has 2 aromatic carbocycles. The Balaban J connectivity index is 1.17. The Kier molecular flexibility index (Phi) is 7.56. The van der Waals surface area contributed by atoms with Gasteiger partial charge in [-0.1, -0.05) is 49.6 Å². The van der Waals surface area contributed by atoms with Gasteiger partial charge in [0.1, 0.15) is 5.58 Å². The van der Waals surface area contributed by atoms with Gasteiger partial charge in [-0.05, 0) is 49.1 Å². The molecule has 32 heavy (non-hydrogen) atoms. The van der Waals surface area contributed by atoms with Crippen LogP contribution in [0.25, 0.3) is 11.0 Å². The number of anilines is 1. The number of carbonyl (C=O) groups excluding carboxylic acids is 2. The van der Waals surface area contributed by atoms with Gasteiger partial charge in [0.25, 0.3) is 5.91 Å². The largest absolute Gasteiger partial charge is 0.451 e. The number of benzene rings is 2. The topological polar surface area (TPSA) is 80.6 Å². The average Bonchev–Trinajstić information content (AvgIpc) is 3.25. The van der Waals surface area contributed by atoms with Gasteiger partial charge in [0.15, 0.2) is 5.76 Å². The van der Waals surface area contributed by atoms with Crippen LogP contribution in [0.1, 0.15) is 54.6 Å². The molecule has 0 unspecified atom stereocenters. The van der Waals surface area contributed by atoms with Gasteiger partial charge in [-0.25, -0.2) is 0 Å². The molecule has 2 amide bonds. The van der Waals surface area contributed by atoms with E-state index in [0.29, 0.717) is 36.9 Å². The van der Waals surface area contributed by atoms with Crippen molar-refractivity contribution in [1.82, 2.24) is 5.32 Å². The number of rotatable bonds is 9. The highest BCUT2D eigenvalue weighted by Gasteiger charge is 2.14. The summed E-state index contributed by atoms with van der Waals surface area (Å²) in [5.41, 5.74) is 2.22. The van der Waals surface area contributed by atoms with Crippen LogP contribution in [0, 0.1) is 0 Å². The Labute approximate surface area is 188 Å². The summed E-state index contributed by atoms with van der Waals surface area (Å²) in [5, 5.41) is 6.67. The third-order valence-corrected chi connectivity index (χ3v) is 5.77. The van der Waals surface area contributed by atoms with E-state index in [2.05, 4.69) is 10.6 Å². The van der Waals surface area contributed by atoms with Crippen molar-refractivity contribution >= 4 is 28.5 Å². The number of fused-ring (bicyclic) bond motifs is 1. The maximum atomic E-state index is 12.4. The van der Waals surface area contributed by atoms with Crippen molar-refractivity contribution in [2.24, 2.45) is 0 Å². The summed E-state index contributed by atoms with van der Waals surface area (Å²) >= 11 is 0. The standard InChI is InChI=1S/C26H30N2O4/c29-25(27-15-6-16-31-22-8-2-1-3-9-22)17-19-11-13-21(14-12-19)28-26(30)24-18-20-7-4-5-10-23(20)32-24/h4-5,7,10-14,18,22H,1-3,6,8-9,15-17H2,(H,27,29)(H,28,30). The molecule has 0 bridgehead atoms. The number of nitrogens with one attached hydrogen (secondary N) is 2. The predicted octanol–water partition coefficient (Wildman–Crippen LogP) is 5.08. The monoisotopic (exact) mass is 434 g/mol. The Morgan fingerprint density at radius 3 is 2.56 bits per heavy atom. The first-order valence-corrected chi connectivity index (χ1v) is 11.4. The number of para-hydroxylation sites is 1. The van der Waals surface area contributed by atoms with Crippen molar-refractivity contribution in [1.29, 1.82) is 0 Å². The van der Waals surface area contributed by atoms with Crippen molar-refractivity contribution in [3.8, 4) is 0 Å². The molecule has 1 aliphatic rings. The van der Waals surface area contributed by atoms with Gasteiger partial charge in [-0.15, -0.1) is 0 Å². The minimum absolute atomic E-state index is 0.0123. The summed E-state index contributed by atoms with van der Waals surface area (Å²) in [6, 6.07) is 16.5. The third kappa shape index (κ3) is 6.20. The minimum atomic E-state index is -0.304. The second-order valence-electron chi connectivity index (χ2n) is 8.31. The predicted molar refractivity (Wildman–Crippen MR) is 125 cm³/mol. The van der Waals surface area contributed by atoms with Crippen LogP contribution in [0.2, 0.25) is 0 Å². The molecule has 1 fully saturated rings. The number of furan rings is 1. The molecule has 0 atom stereocenters. The van der Waals surface area contributed by atoms with Crippen molar-refractivity contribution in [2.75, 3.05) is 18.5 Å². The molecule has 3 aromatic rings. The van der Waals surface area contributed by atoms with Crippen LogP contribution in [-0.4, -0.2) is 31.1 Å². The molecule has 1 saturated carbocycles. The number of hydrogen-bond acceptors (Lipinski definition) is 4. The van der Waals surface area contributed by atoms with Gasteiger partial charge in [0.05, 0.1) is 12.5 Å². The van der Waals surface area contributed by atoms with Crippen LogP contribution >= 0.6 is 0 Å². The average molecular weight is 435 g/mol. The second kappa shape index (κ2) is 11.0. The summed E-state index contributed by atoms with van der Waals surface area (Å²) < 4.78 is 11.5. The van der Waals surface area contributed by atoms with Crippen LogP contribution < -0.4 is 10.6 Å². The lowest BCUT2D eigenvalue weighted by molar-refractivity contribution is -0.120. The Morgan fingerprint density at radius 1 is 1.00 bits per heavy atom. The van der Waals surface area contributed by atoms with E-state index < -0.39 is 0 Å². The summed E-state index contributed by atoms with van der Waals surface area (Å²) in [5.74, 6) is -0.0500. The summed E-state index contributed by atoms with van der Waals surface area (Å²) in [6.07, 6.45) is 7.74. The number of hydrogen-bond donors (Lipinski definition) is 2. The molecule has 4 rings (SSSR count). The van der Waals surface area contributed by atoms with Crippen molar-refractivity contribution in [3.63, 3.8) is 0 Å². The molecule has 168 valence electrons. The van der Waals surface area contributed by atoms with Gasteiger partial charge >= 0.3 is 0 Å². The minimum Gasteiger partial charge on any atom is -0.451 e. The molecule has 2 N–H and O–H groups in total. The smallest absolute Gasteiger partial charge is 0.291 e. The molecule has 0 spiro atoms. The van der Waals surface area contributed by atoms with E-state index in [9.17, 15) is 9.59 Å². The molecule has 0 aliphatic heterocycles. The van der Waals surface area contributed by atoms with E-state index in [1.165, 1.54) is 32.1 Å². The van der Waals surface area contributed by atoms with Gasteiger partial charge in [-0.3, -0.25) is 9.59 Å². The molecule has 0 saturated heterocycles. The van der Waals surface area contributed by atoms with E-state index in [1.807, 2.05) is 36.4 Å². The van der Waals surface area contributed by atoms with Crippen LogP contribution in [0.15, 0.2) is 59.0 Å². The molecule has 1 heterocycles. The summed E-state index contributed by atoms with van der Waals surface area (Å²) in [4.78, 5) is 24.6. The van der Waals surface area contributed by atoms with Crippen molar-refractivity contribution in [2.45, 2.75) is 51.0 Å². The number of ether oxygens (including phenoxy) is 1. The maximum Gasteiger partial charge on any atom is 0.291 e. The van der Waals surface area contributed by atoms with Crippen LogP contribution in [-0.2, 0) is 16.0 Å². The zero-order chi connectivity index (χ0) is 22.2. The number of carbonyl (C=O) groups is 2. The molecule has 1 aromatic heterocycles. The molecular formula is C26H30N2O4. The highest BCUT2D eigenvalue weighted by Crippen LogP contribution is 2.21. The highest BCUT2D eigenvalue weighted by atomic mass is 16.5. The van der Waals surface area contributed by atoms with E-state index >= 15 is 0 Å². The summed E-state index contributed by atoms with van der Waals surface area (Å²) in [6.45, 7) is 1.32. The van der Waals surface area contributed by atoms with E-state index in [0.717, 1.165) is 17.4 Å². The lowest BCUT2D eigenvalue weighted by Crippen LogP contribution is -2.27. The van der Waals surface area contributed by atoms with Crippen LogP contribution in [0.4, 0.5) is 5.69 Å². The Morgan fingerprint density at radius 2 is 1.78 bits per heavy atom. The zero-order valence-corrected chi connectivity index (χ0v) is 18.3. The Hall–Kier alpha value is -3.12. The molecular weight excluding hydrogens is 404 g/mol. The van der Waals surface area contributed by atoms with Gasteiger partial charge in [0, 0.05) is 24.2 Å². The van der Waals surface area contributed by atoms with Crippen molar-refractivity contribution in [3.05, 3.63) is 65.9 Å². The molecule has 0 radical (unpaired) electrons. The lowest BCUT2D eigenvalue weighted by Gasteiger charge is -2.21. The van der Waals surface area contributed by atoms with E-state index in [1.54, 1.807) is 18.2 Å². The number of amides is 2. The quantitative estimate of drug-likeness (QED) is 0.460. The molecule has 1 aliphatic carbocycles. The fraction of sp³-hybridized carbons (Fsp3) is 0.385. The first-order chi connectivity index (χ1) is 15.7. The Bertz CT molecular complexity index is 1000. The fourth-order valence-electron chi connectivity index (χ4n) is 4.02. The second-order valence-corrected chi connectivity index (χ2v) is 8.31. The van der Waals surface area contributed by atoms with E-state index in [4.69, 9.17) is 9.15 Å². The van der Waals surface area contributed by atoms with Gasteiger partial charge in [-0.2, -0.15) is 0 Å². The highest BCUT2D eigenvalue weighted by molar-refractivity contribution is 6.04. The zero-order valence-electron chi connectivity index (χ0n) is 18.3. The van der Waals surface area contributed by atoms with E-state index in [-0.39, 0.29) is 17.6 Å². The summed E-state index contributed by atoms with van der Waals surface area (Å²) in [7, 11) is 0. The van der Waals surface area contributed by atoms with Gasteiger partial charge < -0.3 is 19.8 Å². The SMILES string of the molecule is O=C(Cc1ccc(NC(=O)c2cc3ccccc3o2)cc1)NCCCOC1CCCCC1. The molecule has 6 heteroatoms. The normalized spacial score (nSPS) is 14.4. The lowest BCUT2D eigenvalue weighted by atomic mass is 9.98.